The van der Waals surface area contributed by atoms with Gasteiger partial charge in [-0.1, -0.05) is 6.92 Å². The number of nitrogens with zero attached hydrogens (tertiary/aromatic N) is 1. The molecule has 0 saturated carbocycles. The molecule has 1 aromatic rings. The Balaban J connectivity index is 2.33. The first kappa shape index (κ1) is 13.1. The number of aromatic nitrogens is 1. The second-order valence-corrected chi connectivity index (χ2v) is 4.72. The van der Waals surface area contributed by atoms with Crippen molar-refractivity contribution in [3.63, 3.8) is 0 Å². The maximum atomic E-state index is 11.1. The fraction of sp³-hybridized carbons (Fsp3) is 0.636. The van der Waals surface area contributed by atoms with Gasteiger partial charge in [0.2, 0.25) is 5.89 Å². The van der Waals surface area contributed by atoms with E-state index in [2.05, 4.69) is 9.72 Å². The van der Waals surface area contributed by atoms with E-state index >= 15 is 0 Å². The molecule has 1 heterocycles. The van der Waals surface area contributed by atoms with Crippen LogP contribution in [0.4, 0.5) is 0 Å². The Morgan fingerprint density at radius 2 is 2.25 bits per heavy atom. The van der Waals surface area contributed by atoms with E-state index in [4.69, 9.17) is 4.42 Å². The number of aryl methyl sites for hydroxylation is 2. The molecule has 0 N–H and O–H groups in total. The Kier molecular flexibility index (Phi) is 4.86. The van der Waals surface area contributed by atoms with Crippen LogP contribution in [0.2, 0.25) is 0 Å². The molecule has 1 atom stereocenters. The average Bonchev–Trinajstić information content (AvgIpc) is 2.57. The van der Waals surface area contributed by atoms with Crippen LogP contribution in [0.3, 0.4) is 0 Å². The van der Waals surface area contributed by atoms with Crippen LogP contribution in [0, 0.1) is 19.8 Å². The van der Waals surface area contributed by atoms with Crippen molar-refractivity contribution in [3.05, 3.63) is 17.3 Å². The van der Waals surface area contributed by atoms with Crippen molar-refractivity contribution in [2.75, 3.05) is 12.9 Å². The summed E-state index contributed by atoms with van der Waals surface area (Å²) in [6.07, 6.45) is 0. The SMILES string of the molecule is COC(=O)C(C)CSCc1nc(C)c(C)o1. The predicted octanol–water partition coefficient (Wildman–Crippen LogP) is 2.33. The molecule has 90 valence electrons. The van der Waals surface area contributed by atoms with Gasteiger partial charge in [-0.05, 0) is 13.8 Å². The molecule has 0 radical (unpaired) electrons. The van der Waals surface area contributed by atoms with Crippen molar-refractivity contribution in [1.29, 1.82) is 0 Å². The van der Waals surface area contributed by atoms with E-state index in [-0.39, 0.29) is 11.9 Å². The molecule has 0 bridgehead atoms. The second-order valence-electron chi connectivity index (χ2n) is 3.69. The molecule has 0 saturated heterocycles. The fourth-order valence-corrected chi connectivity index (χ4v) is 2.10. The first-order valence-electron chi connectivity index (χ1n) is 5.13. The molecular weight excluding hydrogens is 226 g/mol. The molecule has 0 aliphatic heterocycles. The molecule has 1 aromatic heterocycles. The molecule has 16 heavy (non-hydrogen) atoms. The molecule has 1 rings (SSSR count). The molecule has 0 aliphatic rings. The lowest BCUT2D eigenvalue weighted by atomic mass is 10.2. The second kappa shape index (κ2) is 5.94. The molecule has 4 nitrogen and oxygen atoms in total. The first-order chi connectivity index (χ1) is 7.54. The van der Waals surface area contributed by atoms with Gasteiger partial charge in [-0.25, -0.2) is 4.98 Å². The molecular formula is C11H17NO3S. The third-order valence-corrected chi connectivity index (χ3v) is 3.46. The standard InChI is InChI=1S/C11H17NO3S/c1-7(11(13)14-4)5-16-6-10-12-8(2)9(3)15-10/h7H,5-6H2,1-4H3. The minimum Gasteiger partial charge on any atom is -0.469 e. The van der Waals surface area contributed by atoms with Crippen LogP contribution in [0.15, 0.2) is 4.42 Å². The Labute approximate surface area is 99.8 Å². The third kappa shape index (κ3) is 3.56. The van der Waals surface area contributed by atoms with Gasteiger partial charge in [0.25, 0.3) is 0 Å². The summed E-state index contributed by atoms with van der Waals surface area (Å²) in [5, 5.41) is 0. The Bertz CT molecular complexity index is 343. The van der Waals surface area contributed by atoms with Gasteiger partial charge in [0, 0.05) is 5.75 Å². The molecule has 0 aromatic carbocycles. The summed E-state index contributed by atoms with van der Waals surface area (Å²) in [4.78, 5) is 15.4. The number of thioether (sulfide) groups is 1. The molecule has 0 aliphatic carbocycles. The summed E-state index contributed by atoms with van der Waals surface area (Å²) < 4.78 is 10.1. The van der Waals surface area contributed by atoms with E-state index in [1.165, 1.54) is 7.11 Å². The van der Waals surface area contributed by atoms with Crippen molar-refractivity contribution < 1.29 is 13.9 Å². The van der Waals surface area contributed by atoms with E-state index in [0.717, 1.165) is 17.3 Å². The minimum atomic E-state index is -0.174. The zero-order valence-electron chi connectivity index (χ0n) is 10.1. The van der Waals surface area contributed by atoms with Crippen molar-refractivity contribution in [1.82, 2.24) is 4.98 Å². The van der Waals surface area contributed by atoms with Crippen molar-refractivity contribution in [2.24, 2.45) is 5.92 Å². The van der Waals surface area contributed by atoms with E-state index in [0.29, 0.717) is 11.5 Å². The molecule has 0 amide bonds. The number of hydrogen-bond acceptors (Lipinski definition) is 5. The largest absolute Gasteiger partial charge is 0.469 e. The van der Waals surface area contributed by atoms with Crippen LogP contribution in [-0.4, -0.2) is 23.8 Å². The van der Waals surface area contributed by atoms with Crippen molar-refractivity contribution in [3.8, 4) is 0 Å². The van der Waals surface area contributed by atoms with Crippen LogP contribution in [0.1, 0.15) is 24.3 Å². The number of carbonyl (C=O) groups is 1. The van der Waals surface area contributed by atoms with Gasteiger partial charge in [-0.3, -0.25) is 4.79 Å². The zero-order valence-corrected chi connectivity index (χ0v) is 10.9. The number of esters is 1. The van der Waals surface area contributed by atoms with Gasteiger partial charge in [0.1, 0.15) is 5.76 Å². The predicted molar refractivity (Wildman–Crippen MR) is 63.3 cm³/mol. The Morgan fingerprint density at radius 1 is 1.56 bits per heavy atom. The maximum absolute atomic E-state index is 11.1. The topological polar surface area (TPSA) is 52.3 Å². The zero-order chi connectivity index (χ0) is 12.1. The van der Waals surface area contributed by atoms with E-state index < -0.39 is 0 Å². The highest BCUT2D eigenvalue weighted by Crippen LogP contribution is 2.17. The maximum Gasteiger partial charge on any atom is 0.309 e. The number of hydrogen-bond donors (Lipinski definition) is 0. The van der Waals surface area contributed by atoms with Crippen molar-refractivity contribution >= 4 is 17.7 Å². The number of methoxy groups -OCH3 is 1. The van der Waals surface area contributed by atoms with Gasteiger partial charge >= 0.3 is 5.97 Å². The smallest absolute Gasteiger partial charge is 0.309 e. The summed E-state index contributed by atoms with van der Waals surface area (Å²) >= 11 is 1.62. The van der Waals surface area contributed by atoms with Gasteiger partial charge in [-0.2, -0.15) is 11.8 Å². The van der Waals surface area contributed by atoms with Crippen LogP contribution >= 0.6 is 11.8 Å². The van der Waals surface area contributed by atoms with E-state index in [9.17, 15) is 4.79 Å². The highest BCUT2D eigenvalue weighted by atomic mass is 32.2. The minimum absolute atomic E-state index is 0.0906. The van der Waals surface area contributed by atoms with Crippen LogP contribution in [-0.2, 0) is 15.3 Å². The van der Waals surface area contributed by atoms with Crippen LogP contribution < -0.4 is 0 Å². The summed E-state index contributed by atoms with van der Waals surface area (Å²) in [6.45, 7) is 5.67. The first-order valence-corrected chi connectivity index (χ1v) is 6.28. The Morgan fingerprint density at radius 3 is 2.75 bits per heavy atom. The van der Waals surface area contributed by atoms with Crippen molar-refractivity contribution in [2.45, 2.75) is 26.5 Å². The monoisotopic (exact) mass is 243 g/mol. The molecule has 1 unspecified atom stereocenters. The summed E-state index contributed by atoms with van der Waals surface area (Å²) in [5.41, 5.74) is 0.927. The van der Waals surface area contributed by atoms with Gasteiger partial charge in [0.05, 0.1) is 24.5 Å². The molecule has 0 spiro atoms. The van der Waals surface area contributed by atoms with Gasteiger partial charge < -0.3 is 9.15 Å². The third-order valence-electron chi connectivity index (χ3n) is 2.27. The lowest BCUT2D eigenvalue weighted by Crippen LogP contribution is -2.14. The number of oxazole rings is 1. The Hall–Kier alpha value is -0.970. The van der Waals surface area contributed by atoms with Gasteiger partial charge in [0.15, 0.2) is 0 Å². The number of ether oxygens (including phenoxy) is 1. The molecule has 5 heteroatoms. The van der Waals surface area contributed by atoms with Crippen LogP contribution in [0.25, 0.3) is 0 Å². The van der Waals surface area contributed by atoms with E-state index in [1.807, 2.05) is 20.8 Å². The quantitative estimate of drug-likeness (QED) is 0.743. The lowest BCUT2D eigenvalue weighted by Gasteiger charge is -2.06. The summed E-state index contributed by atoms with van der Waals surface area (Å²) in [5.74, 6) is 2.72. The van der Waals surface area contributed by atoms with E-state index in [1.54, 1.807) is 11.8 Å². The number of rotatable bonds is 5. The average molecular weight is 243 g/mol. The summed E-state index contributed by atoms with van der Waals surface area (Å²) in [7, 11) is 1.41. The number of carbonyl (C=O) groups excluding carboxylic acids is 1. The highest BCUT2D eigenvalue weighted by molar-refractivity contribution is 7.98. The highest BCUT2D eigenvalue weighted by Gasteiger charge is 2.13. The normalized spacial score (nSPS) is 12.5. The fourth-order valence-electron chi connectivity index (χ4n) is 1.19. The van der Waals surface area contributed by atoms with Crippen LogP contribution in [0.5, 0.6) is 0 Å². The lowest BCUT2D eigenvalue weighted by molar-refractivity contribution is -0.143. The van der Waals surface area contributed by atoms with Gasteiger partial charge in [-0.15, -0.1) is 0 Å². The summed E-state index contributed by atoms with van der Waals surface area (Å²) in [6, 6.07) is 0. The molecule has 0 fully saturated rings.